The van der Waals surface area contributed by atoms with Crippen LogP contribution in [0.3, 0.4) is 0 Å². The lowest BCUT2D eigenvalue weighted by molar-refractivity contribution is -0.130. The minimum Gasteiger partial charge on any atom is -0.338 e. The monoisotopic (exact) mass is 404 g/mol. The molecule has 3 amide bonds. The number of hydrogen-bond donors (Lipinski definition) is 1. The molecule has 0 atom stereocenters. The smallest absolute Gasteiger partial charge is 0.257 e. The van der Waals surface area contributed by atoms with Crippen LogP contribution < -0.4 is 5.32 Å². The van der Waals surface area contributed by atoms with Crippen molar-refractivity contribution in [2.75, 3.05) is 13.1 Å². The van der Waals surface area contributed by atoms with E-state index in [2.05, 4.69) is 23.6 Å². The summed E-state index contributed by atoms with van der Waals surface area (Å²) in [4.78, 5) is 37.7. The largest absolute Gasteiger partial charge is 0.338 e. The number of aromatic nitrogens is 2. The fourth-order valence-corrected chi connectivity index (χ4v) is 3.26. The fraction of sp³-hybridized carbons (Fsp3) is 0.545. The number of aryl methyl sites for hydroxylation is 1. The predicted molar refractivity (Wildman–Crippen MR) is 117 cm³/mol. The average Bonchev–Trinajstić information content (AvgIpc) is 3.24. The topological polar surface area (TPSA) is 84.3 Å². The van der Waals surface area contributed by atoms with Crippen LogP contribution in [0, 0.1) is 5.41 Å². The number of imide groups is 1. The van der Waals surface area contributed by atoms with Gasteiger partial charge in [0.25, 0.3) is 5.91 Å². The highest BCUT2D eigenvalue weighted by Crippen LogP contribution is 2.38. The summed E-state index contributed by atoms with van der Waals surface area (Å²) in [6.07, 6.45) is 6.16. The number of amides is 3. The van der Waals surface area contributed by atoms with E-state index >= 15 is 0 Å². The Morgan fingerprint density at radius 1 is 1.17 bits per heavy atom. The number of carbonyl (C=O) groups excluding carboxylic acids is 3. The van der Waals surface area contributed by atoms with Gasteiger partial charge in [-0.05, 0) is 25.8 Å². The Morgan fingerprint density at radius 2 is 1.69 bits per heavy atom. The van der Waals surface area contributed by atoms with E-state index in [0.29, 0.717) is 37.2 Å². The average molecular weight is 405 g/mol. The van der Waals surface area contributed by atoms with E-state index in [4.69, 9.17) is 0 Å². The van der Waals surface area contributed by atoms with Crippen LogP contribution in [0.15, 0.2) is 25.4 Å². The molecular formula is C22H36N4O3. The first-order chi connectivity index (χ1) is 13.9. The number of hydrogen-bond acceptors (Lipinski definition) is 4. The van der Waals surface area contributed by atoms with Crippen LogP contribution in [0.25, 0.3) is 6.08 Å². The van der Waals surface area contributed by atoms with E-state index in [9.17, 15) is 14.4 Å². The van der Waals surface area contributed by atoms with E-state index in [0.717, 1.165) is 0 Å². The van der Waals surface area contributed by atoms with Crippen molar-refractivity contribution >= 4 is 23.8 Å². The van der Waals surface area contributed by atoms with Gasteiger partial charge in [0.1, 0.15) is 0 Å². The van der Waals surface area contributed by atoms with Crippen LogP contribution >= 0.6 is 0 Å². The Labute approximate surface area is 174 Å². The van der Waals surface area contributed by atoms with Crippen molar-refractivity contribution in [1.29, 1.82) is 0 Å². The van der Waals surface area contributed by atoms with Crippen molar-refractivity contribution in [2.45, 2.75) is 53.9 Å². The highest BCUT2D eigenvalue weighted by atomic mass is 16.2. The molecule has 1 spiro atoms. The van der Waals surface area contributed by atoms with E-state index in [1.54, 1.807) is 28.8 Å². The maximum Gasteiger partial charge on any atom is 0.257 e. The molecule has 2 saturated heterocycles. The Morgan fingerprint density at radius 3 is 2.10 bits per heavy atom. The van der Waals surface area contributed by atoms with E-state index < -0.39 is 5.41 Å². The van der Waals surface area contributed by atoms with Crippen molar-refractivity contribution in [3.05, 3.63) is 36.7 Å². The predicted octanol–water partition coefficient (Wildman–Crippen LogP) is 3.58. The summed E-state index contributed by atoms with van der Waals surface area (Å²) in [7, 11) is 1.76. The number of allylic oxidation sites excluding steroid dienone is 1. The van der Waals surface area contributed by atoms with Gasteiger partial charge in [0.2, 0.25) is 11.8 Å². The van der Waals surface area contributed by atoms with Gasteiger partial charge < -0.3 is 4.90 Å². The lowest BCUT2D eigenvalue weighted by Crippen LogP contribution is -2.46. The highest BCUT2D eigenvalue weighted by Gasteiger charge is 2.48. The molecule has 3 rings (SSSR count). The second-order valence-corrected chi connectivity index (χ2v) is 6.31. The molecule has 3 heterocycles. The van der Waals surface area contributed by atoms with Gasteiger partial charge >= 0.3 is 0 Å². The van der Waals surface area contributed by atoms with Gasteiger partial charge in [0.15, 0.2) is 0 Å². The first-order valence-electron chi connectivity index (χ1n) is 10.2. The van der Waals surface area contributed by atoms with E-state index in [-0.39, 0.29) is 24.1 Å². The first-order valence-corrected chi connectivity index (χ1v) is 10.2. The maximum atomic E-state index is 12.6. The molecule has 1 aromatic rings. The zero-order chi connectivity index (χ0) is 22.6. The number of nitrogens with one attached hydrogen (secondary N) is 1. The molecule has 1 aromatic heterocycles. The zero-order valence-electron chi connectivity index (χ0n) is 18.7. The van der Waals surface area contributed by atoms with Crippen LogP contribution in [0.4, 0.5) is 0 Å². The fourth-order valence-electron chi connectivity index (χ4n) is 3.26. The van der Waals surface area contributed by atoms with Gasteiger partial charge in [-0.25, -0.2) is 0 Å². The van der Waals surface area contributed by atoms with Gasteiger partial charge in [-0.1, -0.05) is 40.3 Å². The third kappa shape index (κ3) is 6.14. The SMILES string of the molecule is C=CC.C=Cc1c(C(=O)N2CCC3(CC2)CC(=O)NC3=O)cnn1C.CC.CC. The van der Waals surface area contributed by atoms with Crippen molar-refractivity contribution in [3.8, 4) is 0 Å². The lowest BCUT2D eigenvalue weighted by Gasteiger charge is -2.36. The molecule has 0 aliphatic carbocycles. The Balaban J connectivity index is 0.00000100. The van der Waals surface area contributed by atoms with E-state index in [1.807, 2.05) is 34.6 Å². The summed E-state index contributed by atoms with van der Waals surface area (Å²) >= 11 is 0. The Hall–Kier alpha value is -2.70. The molecule has 7 heteroatoms. The van der Waals surface area contributed by atoms with Gasteiger partial charge in [0.05, 0.1) is 22.9 Å². The van der Waals surface area contributed by atoms with Crippen LogP contribution in [0.1, 0.15) is 69.9 Å². The molecule has 0 bridgehead atoms. The van der Waals surface area contributed by atoms with Crippen molar-refractivity contribution < 1.29 is 14.4 Å². The third-order valence-electron chi connectivity index (χ3n) is 4.65. The second-order valence-electron chi connectivity index (χ2n) is 6.31. The maximum absolute atomic E-state index is 12.6. The number of rotatable bonds is 2. The molecule has 162 valence electrons. The summed E-state index contributed by atoms with van der Waals surface area (Å²) in [5.74, 6) is -0.522. The molecule has 2 aliphatic heterocycles. The molecule has 0 radical (unpaired) electrons. The van der Waals surface area contributed by atoms with Crippen molar-refractivity contribution in [2.24, 2.45) is 12.5 Å². The number of carbonyl (C=O) groups is 3. The van der Waals surface area contributed by atoms with Crippen LogP contribution in [-0.2, 0) is 16.6 Å². The number of nitrogens with zero attached hydrogens (tertiary/aromatic N) is 3. The highest BCUT2D eigenvalue weighted by molar-refractivity contribution is 6.06. The molecule has 0 saturated carbocycles. The summed E-state index contributed by atoms with van der Waals surface area (Å²) in [5.41, 5.74) is 0.573. The van der Waals surface area contributed by atoms with Gasteiger partial charge in [-0.2, -0.15) is 5.10 Å². The quantitative estimate of drug-likeness (QED) is 0.603. The summed E-state index contributed by atoms with van der Waals surface area (Å²) in [6.45, 7) is 17.9. The van der Waals surface area contributed by atoms with Crippen molar-refractivity contribution in [1.82, 2.24) is 20.0 Å². The molecular weight excluding hydrogens is 368 g/mol. The molecule has 2 aliphatic rings. The van der Waals surface area contributed by atoms with Gasteiger partial charge in [-0.15, -0.1) is 6.58 Å². The molecule has 2 fully saturated rings. The van der Waals surface area contributed by atoms with Crippen LogP contribution in [0.2, 0.25) is 0 Å². The normalized spacial score (nSPS) is 16.3. The minimum absolute atomic E-state index is 0.109. The Bertz CT molecular complexity index is 714. The molecule has 0 aromatic carbocycles. The van der Waals surface area contributed by atoms with Crippen LogP contribution in [-0.4, -0.2) is 45.5 Å². The molecule has 1 N–H and O–H groups in total. The zero-order valence-corrected chi connectivity index (χ0v) is 18.7. The first kappa shape index (κ1) is 26.3. The second kappa shape index (κ2) is 12.7. The van der Waals surface area contributed by atoms with Crippen LogP contribution in [0.5, 0.6) is 0 Å². The molecule has 29 heavy (non-hydrogen) atoms. The summed E-state index contributed by atoms with van der Waals surface area (Å²) < 4.78 is 1.61. The van der Waals surface area contributed by atoms with Gasteiger partial charge in [-0.3, -0.25) is 24.4 Å². The summed E-state index contributed by atoms with van der Waals surface area (Å²) in [6, 6.07) is 0. The minimum atomic E-state index is -0.621. The third-order valence-corrected chi connectivity index (χ3v) is 4.65. The van der Waals surface area contributed by atoms with Crippen molar-refractivity contribution in [3.63, 3.8) is 0 Å². The van der Waals surface area contributed by atoms with E-state index in [1.165, 1.54) is 6.20 Å². The number of piperidine rings is 1. The summed E-state index contributed by atoms with van der Waals surface area (Å²) in [5, 5.41) is 6.45. The lowest BCUT2D eigenvalue weighted by atomic mass is 9.77. The van der Waals surface area contributed by atoms with Gasteiger partial charge in [0, 0.05) is 26.6 Å². The Kier molecular flexibility index (Phi) is 11.5. The standard InChI is InChI=1S/C15H18N4O3.C3H6.2C2H6/c1-3-11-10(9-16-18(11)2)13(21)19-6-4-15(5-7-19)8-12(20)17-14(15)22;1-3-2;2*1-2/h3,9H,1,4-8H2,2H3,(H,17,20,22);3H,1H2,2H3;2*1-2H3. The molecule has 7 nitrogen and oxygen atoms in total. The number of likely N-dealkylation sites (tertiary alicyclic amines) is 1. The molecule has 0 unspecified atom stereocenters.